The summed E-state index contributed by atoms with van der Waals surface area (Å²) in [6.45, 7) is 6.47. The molecular formula is C9H21N3O. The summed E-state index contributed by atoms with van der Waals surface area (Å²) in [5.41, 5.74) is 5.72. The van der Waals surface area contributed by atoms with Gasteiger partial charge in [-0.3, -0.25) is 0 Å². The third-order valence-electron chi connectivity index (χ3n) is 1.60. The molecule has 0 aromatic heterocycles. The van der Waals surface area contributed by atoms with Crippen LogP contribution in [0.15, 0.2) is 0 Å². The minimum Gasteiger partial charge on any atom is -0.337 e. The first-order valence-corrected chi connectivity index (χ1v) is 4.86. The maximum absolute atomic E-state index is 11.1. The van der Waals surface area contributed by atoms with Crippen molar-refractivity contribution in [3.05, 3.63) is 0 Å². The van der Waals surface area contributed by atoms with Gasteiger partial charge < -0.3 is 16.4 Å². The molecule has 2 amide bonds. The molecule has 0 saturated carbocycles. The van der Waals surface area contributed by atoms with Crippen molar-refractivity contribution in [1.29, 1.82) is 0 Å². The van der Waals surface area contributed by atoms with E-state index in [4.69, 9.17) is 5.73 Å². The number of carbonyl (C=O) groups is 1. The van der Waals surface area contributed by atoms with E-state index in [0.717, 1.165) is 12.8 Å². The lowest BCUT2D eigenvalue weighted by molar-refractivity contribution is 0.237. The average Bonchev–Trinajstić information content (AvgIpc) is 2.00. The molecule has 0 fully saturated rings. The molecule has 0 aliphatic rings. The number of hydrogen-bond acceptors (Lipinski definition) is 2. The normalized spacial score (nSPS) is 12.7. The molecule has 0 aliphatic carbocycles. The molecule has 0 aromatic rings. The molecule has 13 heavy (non-hydrogen) atoms. The zero-order valence-corrected chi connectivity index (χ0v) is 8.76. The molecule has 0 rings (SSSR count). The molecule has 0 aliphatic heterocycles. The highest BCUT2D eigenvalue weighted by molar-refractivity contribution is 5.74. The van der Waals surface area contributed by atoms with Crippen LogP contribution in [0, 0.1) is 0 Å². The molecule has 0 bridgehead atoms. The van der Waals surface area contributed by atoms with Crippen molar-refractivity contribution in [2.24, 2.45) is 5.73 Å². The van der Waals surface area contributed by atoms with Gasteiger partial charge in [0.2, 0.25) is 0 Å². The van der Waals surface area contributed by atoms with Crippen LogP contribution >= 0.6 is 0 Å². The van der Waals surface area contributed by atoms with Crippen LogP contribution in [0.2, 0.25) is 0 Å². The van der Waals surface area contributed by atoms with Gasteiger partial charge in [0.25, 0.3) is 0 Å². The van der Waals surface area contributed by atoms with Crippen LogP contribution in [0.3, 0.4) is 0 Å². The topological polar surface area (TPSA) is 67.1 Å². The highest BCUT2D eigenvalue weighted by Gasteiger charge is 2.04. The Bertz CT molecular complexity index is 148. The minimum absolute atomic E-state index is 0.0721. The van der Waals surface area contributed by atoms with E-state index in [1.807, 2.05) is 13.8 Å². The summed E-state index contributed by atoms with van der Waals surface area (Å²) in [7, 11) is 0. The summed E-state index contributed by atoms with van der Waals surface area (Å²) in [6.07, 6.45) is 2.00. The third-order valence-corrected chi connectivity index (χ3v) is 1.60. The summed E-state index contributed by atoms with van der Waals surface area (Å²) in [5, 5.41) is 5.46. The molecule has 0 aromatic carbocycles. The number of nitrogens with two attached hydrogens (primary N) is 1. The number of urea groups is 1. The fourth-order valence-corrected chi connectivity index (χ4v) is 1.01. The van der Waals surface area contributed by atoms with Crippen molar-refractivity contribution < 1.29 is 4.79 Å². The number of hydrogen-bond donors (Lipinski definition) is 3. The SMILES string of the molecule is CCCC(N)CNC(=O)NC(C)C. The van der Waals surface area contributed by atoms with Gasteiger partial charge in [0, 0.05) is 18.6 Å². The van der Waals surface area contributed by atoms with E-state index in [1.54, 1.807) is 0 Å². The molecule has 4 nitrogen and oxygen atoms in total. The lowest BCUT2D eigenvalue weighted by Gasteiger charge is -2.13. The van der Waals surface area contributed by atoms with Gasteiger partial charge in [0.1, 0.15) is 0 Å². The first-order valence-electron chi connectivity index (χ1n) is 4.86. The van der Waals surface area contributed by atoms with E-state index < -0.39 is 0 Å². The minimum atomic E-state index is -0.137. The van der Waals surface area contributed by atoms with Gasteiger partial charge in [-0.2, -0.15) is 0 Å². The maximum atomic E-state index is 11.1. The summed E-state index contributed by atoms with van der Waals surface area (Å²) in [5.74, 6) is 0. The van der Waals surface area contributed by atoms with Crippen LogP contribution in [0.4, 0.5) is 4.79 Å². The van der Waals surface area contributed by atoms with Crippen molar-refractivity contribution in [2.75, 3.05) is 6.54 Å². The fraction of sp³-hybridized carbons (Fsp3) is 0.889. The second-order valence-electron chi connectivity index (χ2n) is 3.56. The van der Waals surface area contributed by atoms with Crippen LogP contribution in [0.5, 0.6) is 0 Å². The van der Waals surface area contributed by atoms with E-state index in [2.05, 4.69) is 17.6 Å². The molecular weight excluding hydrogens is 166 g/mol. The monoisotopic (exact) mass is 187 g/mol. The Labute approximate surface area is 80.3 Å². The maximum Gasteiger partial charge on any atom is 0.315 e. The Hall–Kier alpha value is -0.770. The fourth-order valence-electron chi connectivity index (χ4n) is 1.01. The van der Waals surface area contributed by atoms with Crippen LogP contribution in [0.25, 0.3) is 0 Å². The van der Waals surface area contributed by atoms with Crippen LogP contribution in [-0.4, -0.2) is 24.7 Å². The molecule has 1 unspecified atom stereocenters. The number of nitrogens with one attached hydrogen (secondary N) is 2. The Morgan fingerprint density at radius 3 is 2.54 bits per heavy atom. The second-order valence-corrected chi connectivity index (χ2v) is 3.56. The van der Waals surface area contributed by atoms with E-state index >= 15 is 0 Å². The lowest BCUT2D eigenvalue weighted by Crippen LogP contribution is -2.44. The largest absolute Gasteiger partial charge is 0.337 e. The van der Waals surface area contributed by atoms with E-state index in [9.17, 15) is 4.79 Å². The Balaban J connectivity index is 3.46. The summed E-state index contributed by atoms with van der Waals surface area (Å²) < 4.78 is 0. The molecule has 0 saturated heterocycles. The van der Waals surface area contributed by atoms with Gasteiger partial charge >= 0.3 is 6.03 Å². The molecule has 1 atom stereocenters. The lowest BCUT2D eigenvalue weighted by atomic mass is 10.2. The van der Waals surface area contributed by atoms with Crippen molar-refractivity contribution in [3.8, 4) is 0 Å². The van der Waals surface area contributed by atoms with Gasteiger partial charge in [0.05, 0.1) is 0 Å². The van der Waals surface area contributed by atoms with Crippen molar-refractivity contribution >= 4 is 6.03 Å². The summed E-state index contributed by atoms with van der Waals surface area (Å²) in [4.78, 5) is 11.1. The quantitative estimate of drug-likeness (QED) is 0.596. The van der Waals surface area contributed by atoms with Crippen molar-refractivity contribution in [2.45, 2.75) is 45.7 Å². The van der Waals surface area contributed by atoms with Crippen LogP contribution in [-0.2, 0) is 0 Å². The Morgan fingerprint density at radius 2 is 2.08 bits per heavy atom. The molecule has 0 heterocycles. The number of amides is 2. The molecule has 4 N–H and O–H groups in total. The summed E-state index contributed by atoms with van der Waals surface area (Å²) >= 11 is 0. The highest BCUT2D eigenvalue weighted by Crippen LogP contribution is 1.90. The molecule has 0 radical (unpaired) electrons. The average molecular weight is 187 g/mol. The highest BCUT2D eigenvalue weighted by atomic mass is 16.2. The Morgan fingerprint density at radius 1 is 1.46 bits per heavy atom. The standard InChI is InChI=1S/C9H21N3O/c1-4-5-8(10)6-11-9(13)12-7(2)3/h7-8H,4-6,10H2,1-3H3,(H2,11,12,13). The molecule has 78 valence electrons. The van der Waals surface area contributed by atoms with Gasteiger partial charge in [-0.1, -0.05) is 13.3 Å². The first kappa shape index (κ1) is 12.2. The van der Waals surface area contributed by atoms with Crippen molar-refractivity contribution in [3.63, 3.8) is 0 Å². The van der Waals surface area contributed by atoms with Gasteiger partial charge in [-0.05, 0) is 20.3 Å². The Kier molecular flexibility index (Phi) is 6.32. The zero-order chi connectivity index (χ0) is 10.3. The number of carbonyl (C=O) groups excluding carboxylic acids is 1. The van der Waals surface area contributed by atoms with Crippen molar-refractivity contribution in [1.82, 2.24) is 10.6 Å². The van der Waals surface area contributed by atoms with Gasteiger partial charge in [-0.15, -0.1) is 0 Å². The molecule has 0 spiro atoms. The van der Waals surface area contributed by atoms with E-state index in [-0.39, 0.29) is 18.1 Å². The van der Waals surface area contributed by atoms with Crippen LogP contribution in [0.1, 0.15) is 33.6 Å². The smallest absolute Gasteiger partial charge is 0.315 e. The third kappa shape index (κ3) is 7.59. The molecule has 4 heteroatoms. The predicted molar refractivity (Wildman–Crippen MR) is 54.6 cm³/mol. The summed E-state index contributed by atoms with van der Waals surface area (Å²) in [6, 6.07) is 0.104. The zero-order valence-electron chi connectivity index (χ0n) is 8.76. The van der Waals surface area contributed by atoms with Gasteiger partial charge in [-0.25, -0.2) is 4.79 Å². The number of rotatable bonds is 5. The van der Waals surface area contributed by atoms with Gasteiger partial charge in [0.15, 0.2) is 0 Å². The van der Waals surface area contributed by atoms with E-state index in [0.29, 0.717) is 6.54 Å². The second kappa shape index (κ2) is 6.71. The van der Waals surface area contributed by atoms with Crippen LogP contribution < -0.4 is 16.4 Å². The van der Waals surface area contributed by atoms with E-state index in [1.165, 1.54) is 0 Å². The predicted octanol–water partition coefficient (Wildman–Crippen LogP) is 0.821. The first-order chi connectivity index (χ1) is 6.06.